The highest BCUT2D eigenvalue weighted by molar-refractivity contribution is 9.10. The fourth-order valence-corrected chi connectivity index (χ4v) is 4.04. The van der Waals surface area contributed by atoms with Crippen molar-refractivity contribution >= 4 is 33.2 Å². The minimum atomic E-state index is -0.615. The quantitative estimate of drug-likeness (QED) is 0.742. The molecule has 1 aliphatic heterocycles. The van der Waals surface area contributed by atoms with E-state index in [1.165, 1.54) is 23.8 Å². The van der Waals surface area contributed by atoms with Crippen LogP contribution in [-0.4, -0.2) is 23.5 Å². The number of carbonyl (C=O) groups excluding carboxylic acids is 1. The van der Waals surface area contributed by atoms with Gasteiger partial charge in [0.1, 0.15) is 11.6 Å². The highest BCUT2D eigenvalue weighted by Gasteiger charge is 2.33. The molecule has 23 heavy (non-hydrogen) atoms. The van der Waals surface area contributed by atoms with Crippen molar-refractivity contribution < 1.29 is 13.9 Å². The summed E-state index contributed by atoms with van der Waals surface area (Å²) in [6.07, 6.45) is 1.37. The molecule has 1 aliphatic rings. The molecule has 1 aromatic carbocycles. The van der Waals surface area contributed by atoms with Crippen LogP contribution in [0.4, 0.5) is 4.39 Å². The molecule has 1 amide bonds. The van der Waals surface area contributed by atoms with E-state index in [-0.39, 0.29) is 17.8 Å². The van der Waals surface area contributed by atoms with Crippen LogP contribution in [0.2, 0.25) is 0 Å². The molecule has 1 aromatic heterocycles. The maximum Gasteiger partial charge on any atom is 0.263 e. The Morgan fingerprint density at radius 1 is 1.48 bits per heavy atom. The van der Waals surface area contributed by atoms with Crippen LogP contribution in [0.15, 0.2) is 39.5 Å². The molecule has 0 radical (unpaired) electrons. The van der Waals surface area contributed by atoms with Gasteiger partial charge < -0.3 is 9.64 Å². The second-order valence-electron chi connectivity index (χ2n) is 5.58. The van der Waals surface area contributed by atoms with Crippen molar-refractivity contribution in [3.63, 3.8) is 0 Å². The van der Waals surface area contributed by atoms with E-state index in [1.54, 1.807) is 18.3 Å². The van der Waals surface area contributed by atoms with E-state index in [9.17, 15) is 9.18 Å². The Kier molecular flexibility index (Phi) is 5.02. The predicted molar refractivity (Wildman–Crippen MR) is 92.2 cm³/mol. The molecule has 2 heterocycles. The molecule has 3 rings (SSSR count). The fraction of sp³-hybridized carbons (Fsp3) is 0.353. The number of nitrogens with zero attached hydrogens (tertiary/aromatic N) is 1. The van der Waals surface area contributed by atoms with E-state index in [2.05, 4.69) is 27.4 Å². The van der Waals surface area contributed by atoms with Gasteiger partial charge in [0, 0.05) is 6.54 Å². The van der Waals surface area contributed by atoms with E-state index in [0.29, 0.717) is 10.2 Å². The molecule has 6 heteroatoms. The van der Waals surface area contributed by atoms with E-state index in [1.807, 2.05) is 10.3 Å². The number of thiophene rings is 1. The number of hydrogen-bond donors (Lipinski definition) is 0. The number of ether oxygens (including phenoxy) is 1. The second kappa shape index (κ2) is 7.01. The molecule has 1 saturated heterocycles. The lowest BCUT2D eigenvalue weighted by Gasteiger charge is -2.27. The van der Waals surface area contributed by atoms with Gasteiger partial charge in [0.15, 0.2) is 6.10 Å². The average Bonchev–Trinajstić information content (AvgIpc) is 3.19. The normalized spacial score (nSPS) is 18.9. The maximum atomic E-state index is 13.1. The number of carbonyl (C=O) groups is 1. The Hall–Kier alpha value is -1.40. The van der Waals surface area contributed by atoms with Gasteiger partial charge in [-0.05, 0) is 76.3 Å². The lowest BCUT2D eigenvalue weighted by molar-refractivity contribution is -0.138. The molecule has 122 valence electrons. The van der Waals surface area contributed by atoms with Crippen molar-refractivity contribution in [2.45, 2.75) is 31.9 Å². The van der Waals surface area contributed by atoms with Crippen molar-refractivity contribution in [2.75, 3.05) is 6.54 Å². The Bertz CT molecular complexity index is 692. The zero-order chi connectivity index (χ0) is 16.4. The third kappa shape index (κ3) is 3.58. The summed E-state index contributed by atoms with van der Waals surface area (Å²) in [5.41, 5.74) is 1.19. The Labute approximate surface area is 147 Å². The Morgan fingerprint density at radius 3 is 3.00 bits per heavy atom. The fourth-order valence-electron chi connectivity index (χ4n) is 2.89. The molecule has 0 bridgehead atoms. The topological polar surface area (TPSA) is 29.5 Å². The van der Waals surface area contributed by atoms with Gasteiger partial charge in [0.2, 0.25) is 0 Å². The zero-order valence-electron chi connectivity index (χ0n) is 12.7. The summed E-state index contributed by atoms with van der Waals surface area (Å²) in [6.45, 7) is 2.48. The van der Waals surface area contributed by atoms with Crippen LogP contribution in [0.3, 0.4) is 0 Å². The smallest absolute Gasteiger partial charge is 0.263 e. The van der Waals surface area contributed by atoms with E-state index < -0.39 is 6.10 Å². The van der Waals surface area contributed by atoms with E-state index in [4.69, 9.17) is 4.74 Å². The number of hydrogen-bond acceptors (Lipinski definition) is 3. The van der Waals surface area contributed by atoms with Gasteiger partial charge in [-0.3, -0.25) is 4.79 Å². The van der Waals surface area contributed by atoms with Gasteiger partial charge in [-0.1, -0.05) is 0 Å². The third-order valence-electron chi connectivity index (χ3n) is 4.01. The summed E-state index contributed by atoms with van der Waals surface area (Å²) < 4.78 is 19.4. The first-order chi connectivity index (χ1) is 11.1. The molecule has 0 N–H and O–H groups in total. The first kappa shape index (κ1) is 16.5. The number of benzene rings is 1. The number of halogens is 2. The molecule has 0 saturated carbocycles. The monoisotopic (exact) mass is 397 g/mol. The summed E-state index contributed by atoms with van der Waals surface area (Å²) in [6, 6.07) is 6.39. The van der Waals surface area contributed by atoms with Gasteiger partial charge in [0.25, 0.3) is 5.91 Å². The largest absolute Gasteiger partial charge is 0.480 e. The summed E-state index contributed by atoms with van der Waals surface area (Å²) in [7, 11) is 0. The minimum absolute atomic E-state index is 0.0325. The van der Waals surface area contributed by atoms with Crippen LogP contribution < -0.4 is 4.74 Å². The zero-order valence-corrected chi connectivity index (χ0v) is 15.1. The standard InChI is InChI=1S/C17H17BrFNO2S/c1-11(22-16-5-4-13(19)9-14(16)18)17(21)20-7-2-3-15(20)12-6-8-23-10-12/h4-6,8-11,15H,2-3,7H2,1H3. The Morgan fingerprint density at radius 2 is 2.30 bits per heavy atom. The van der Waals surface area contributed by atoms with Gasteiger partial charge in [-0.15, -0.1) is 0 Å². The molecule has 0 spiro atoms. The number of rotatable bonds is 4. The molecule has 2 atom stereocenters. The predicted octanol–water partition coefficient (Wildman–Crippen LogP) is 4.78. The van der Waals surface area contributed by atoms with Gasteiger partial charge in [-0.2, -0.15) is 11.3 Å². The molecule has 1 fully saturated rings. The van der Waals surface area contributed by atoms with Crippen molar-refractivity contribution in [1.82, 2.24) is 4.90 Å². The first-order valence-electron chi connectivity index (χ1n) is 7.50. The summed E-state index contributed by atoms with van der Waals surface area (Å²) in [5, 5.41) is 4.13. The van der Waals surface area contributed by atoms with Gasteiger partial charge in [0.05, 0.1) is 10.5 Å². The molecule has 2 aromatic rings. The molecule has 2 unspecified atom stereocenters. The van der Waals surface area contributed by atoms with Crippen molar-refractivity contribution in [3.05, 3.63) is 50.9 Å². The summed E-state index contributed by atoms with van der Waals surface area (Å²) in [5.74, 6) is 0.0914. The molecular weight excluding hydrogens is 381 g/mol. The van der Waals surface area contributed by atoms with Crippen LogP contribution >= 0.6 is 27.3 Å². The lowest BCUT2D eigenvalue weighted by atomic mass is 10.1. The van der Waals surface area contributed by atoms with E-state index >= 15 is 0 Å². The second-order valence-corrected chi connectivity index (χ2v) is 7.22. The van der Waals surface area contributed by atoms with Crippen LogP contribution in [-0.2, 0) is 4.79 Å². The Balaban J connectivity index is 1.71. The molecule has 0 aliphatic carbocycles. The van der Waals surface area contributed by atoms with Crippen molar-refractivity contribution in [1.29, 1.82) is 0 Å². The van der Waals surface area contributed by atoms with Gasteiger partial charge in [-0.25, -0.2) is 4.39 Å². The van der Waals surface area contributed by atoms with Gasteiger partial charge >= 0.3 is 0 Å². The lowest BCUT2D eigenvalue weighted by Crippen LogP contribution is -2.40. The highest BCUT2D eigenvalue weighted by atomic mass is 79.9. The molecular formula is C17H17BrFNO2S. The first-order valence-corrected chi connectivity index (χ1v) is 9.24. The average molecular weight is 398 g/mol. The minimum Gasteiger partial charge on any atom is -0.480 e. The van der Waals surface area contributed by atoms with Crippen LogP contribution in [0.25, 0.3) is 0 Å². The number of likely N-dealkylation sites (tertiary alicyclic amines) is 1. The highest BCUT2D eigenvalue weighted by Crippen LogP contribution is 2.34. The van der Waals surface area contributed by atoms with Crippen molar-refractivity contribution in [2.24, 2.45) is 0 Å². The SMILES string of the molecule is CC(Oc1ccc(F)cc1Br)C(=O)N1CCCC1c1ccsc1. The van der Waals surface area contributed by atoms with Crippen molar-refractivity contribution in [3.8, 4) is 5.75 Å². The van der Waals surface area contributed by atoms with Crippen LogP contribution in [0.5, 0.6) is 5.75 Å². The molecule has 3 nitrogen and oxygen atoms in total. The summed E-state index contributed by atoms with van der Waals surface area (Å²) in [4.78, 5) is 14.6. The maximum absolute atomic E-state index is 13.1. The summed E-state index contributed by atoms with van der Waals surface area (Å²) >= 11 is 4.91. The van der Waals surface area contributed by atoms with E-state index in [0.717, 1.165) is 19.4 Å². The van der Waals surface area contributed by atoms with Crippen LogP contribution in [0, 0.1) is 5.82 Å². The van der Waals surface area contributed by atoms with Crippen LogP contribution in [0.1, 0.15) is 31.4 Å². The number of amides is 1. The third-order valence-corrected chi connectivity index (χ3v) is 5.33.